The average molecular weight is 686 g/mol. The van der Waals surface area contributed by atoms with Gasteiger partial charge in [0.15, 0.2) is 5.72 Å². The molecule has 1 saturated heterocycles. The number of fused-ring (bicyclic) bond motifs is 1. The van der Waals surface area contributed by atoms with Gasteiger partial charge in [0.05, 0.1) is 30.5 Å². The maximum absolute atomic E-state index is 13.3. The van der Waals surface area contributed by atoms with Crippen molar-refractivity contribution in [3.05, 3.63) is 107 Å². The van der Waals surface area contributed by atoms with Crippen LogP contribution in [-0.2, 0) is 21.4 Å². The van der Waals surface area contributed by atoms with Gasteiger partial charge in [-0.1, -0.05) is 60.7 Å². The first-order chi connectivity index (χ1) is 23.9. The van der Waals surface area contributed by atoms with Crippen LogP contribution in [0.15, 0.2) is 79.1 Å². The Balaban J connectivity index is 1.38. The minimum absolute atomic E-state index is 0.0274. The van der Waals surface area contributed by atoms with Crippen molar-refractivity contribution in [1.29, 1.82) is 0 Å². The molecular weight excluding hydrogens is 647 g/mol. The molecule has 0 radical (unpaired) electrons. The van der Waals surface area contributed by atoms with E-state index in [0.29, 0.717) is 48.5 Å². The summed E-state index contributed by atoms with van der Waals surface area (Å²) in [6.07, 6.45) is 4.05. The van der Waals surface area contributed by atoms with Crippen molar-refractivity contribution in [1.82, 2.24) is 24.3 Å². The normalized spacial score (nSPS) is 16.5. The molecule has 0 spiro atoms. The molecule has 260 valence electrons. The van der Waals surface area contributed by atoms with Crippen LogP contribution >= 0.6 is 0 Å². The lowest BCUT2D eigenvalue weighted by atomic mass is 9.96. The summed E-state index contributed by atoms with van der Waals surface area (Å²) >= 11 is 0. The van der Waals surface area contributed by atoms with E-state index >= 15 is 0 Å². The number of hydrogen-bond donors (Lipinski definition) is 3. The first-order valence-corrected chi connectivity index (χ1v) is 16.3. The zero-order chi connectivity index (χ0) is 35.5. The Bertz CT molecular complexity index is 1990. The lowest BCUT2D eigenvalue weighted by molar-refractivity contribution is -0.137. The summed E-state index contributed by atoms with van der Waals surface area (Å²) in [5.41, 5.74) is 7.93. The topological polar surface area (TPSA) is 131 Å². The molecule has 0 saturated carbocycles. The van der Waals surface area contributed by atoms with E-state index in [-0.39, 0.29) is 23.5 Å². The number of piperidine rings is 1. The van der Waals surface area contributed by atoms with E-state index in [2.05, 4.69) is 15.3 Å². The number of hydrogen-bond acceptors (Lipinski definition) is 8. The lowest BCUT2D eigenvalue weighted by Crippen LogP contribution is -2.40. The summed E-state index contributed by atoms with van der Waals surface area (Å²) in [6, 6.07) is 18.4. The Morgan fingerprint density at radius 2 is 1.84 bits per heavy atom. The van der Waals surface area contributed by atoms with Crippen LogP contribution in [-0.4, -0.2) is 62.1 Å². The number of pyridine rings is 1. The number of amides is 1. The number of methoxy groups -OCH3 is 1. The molecule has 1 fully saturated rings. The summed E-state index contributed by atoms with van der Waals surface area (Å²) in [5, 5.41) is 14.0. The second kappa shape index (κ2) is 14.3. The maximum Gasteiger partial charge on any atom is 0.416 e. The summed E-state index contributed by atoms with van der Waals surface area (Å²) in [4.78, 5) is 28.5. The number of anilines is 2. The fourth-order valence-electron chi connectivity index (χ4n) is 6.24. The third-order valence-corrected chi connectivity index (χ3v) is 8.82. The molecule has 1 aliphatic rings. The minimum Gasteiger partial charge on any atom is -0.384 e. The molecule has 5 aromatic rings. The van der Waals surface area contributed by atoms with Gasteiger partial charge in [-0.2, -0.15) is 13.2 Å². The molecule has 3 aromatic heterocycles. The molecule has 2 atom stereocenters. The van der Waals surface area contributed by atoms with Crippen molar-refractivity contribution in [3.63, 3.8) is 0 Å². The Kier molecular flexibility index (Phi) is 9.89. The van der Waals surface area contributed by atoms with Crippen molar-refractivity contribution < 1.29 is 27.8 Å². The van der Waals surface area contributed by atoms with Crippen LogP contribution < -0.4 is 11.1 Å². The average Bonchev–Trinajstić information content (AvgIpc) is 3.52. The van der Waals surface area contributed by atoms with E-state index in [1.807, 2.05) is 51.8 Å². The van der Waals surface area contributed by atoms with E-state index in [0.717, 1.165) is 48.3 Å². The quantitative estimate of drug-likeness (QED) is 0.141. The molecule has 13 heteroatoms. The van der Waals surface area contributed by atoms with Crippen molar-refractivity contribution in [2.24, 2.45) is 0 Å². The summed E-state index contributed by atoms with van der Waals surface area (Å²) < 4.78 is 47.0. The number of ether oxygens (including phenoxy) is 1. The summed E-state index contributed by atoms with van der Waals surface area (Å²) in [5.74, 6) is 0.823. The second-order valence-electron chi connectivity index (χ2n) is 12.4. The van der Waals surface area contributed by atoms with Gasteiger partial charge in [0.1, 0.15) is 28.7 Å². The number of likely N-dealkylation sites (tertiary alicyclic amines) is 1. The van der Waals surface area contributed by atoms with Gasteiger partial charge in [-0.3, -0.25) is 9.20 Å². The van der Waals surface area contributed by atoms with Crippen LogP contribution in [0, 0.1) is 0 Å². The van der Waals surface area contributed by atoms with Gasteiger partial charge in [-0.25, -0.2) is 15.0 Å². The number of nitrogens with zero attached hydrogens (tertiary/aromatic N) is 5. The predicted molar refractivity (Wildman–Crippen MR) is 186 cm³/mol. The number of alkyl halides is 3. The van der Waals surface area contributed by atoms with E-state index in [9.17, 15) is 23.1 Å². The van der Waals surface area contributed by atoms with Gasteiger partial charge in [0.2, 0.25) is 5.91 Å². The number of rotatable bonds is 10. The molecular formula is C37H38F3N7O3. The zero-order valence-electron chi connectivity index (χ0n) is 27.7. The van der Waals surface area contributed by atoms with Crippen LogP contribution in [0.4, 0.5) is 24.8 Å². The number of nitrogen functional groups attached to an aromatic ring is 1. The highest BCUT2D eigenvalue weighted by Gasteiger charge is 2.33. The third-order valence-electron chi connectivity index (χ3n) is 8.82. The molecule has 4 N–H and O–H groups in total. The number of carbonyl (C=O) groups excluding carboxylic acids is 1. The van der Waals surface area contributed by atoms with Gasteiger partial charge < -0.3 is 25.8 Å². The number of benzene rings is 2. The fourth-order valence-corrected chi connectivity index (χ4v) is 6.24. The largest absolute Gasteiger partial charge is 0.416 e. The highest BCUT2D eigenvalue weighted by Crippen LogP contribution is 2.37. The monoisotopic (exact) mass is 685 g/mol. The molecule has 0 aliphatic carbocycles. The number of aromatic nitrogens is 4. The van der Waals surface area contributed by atoms with Crippen LogP contribution in [0.3, 0.4) is 0 Å². The van der Waals surface area contributed by atoms with Gasteiger partial charge in [0.25, 0.3) is 0 Å². The van der Waals surface area contributed by atoms with Crippen LogP contribution in [0.5, 0.6) is 0 Å². The van der Waals surface area contributed by atoms with Crippen LogP contribution in [0.25, 0.3) is 28.9 Å². The van der Waals surface area contributed by atoms with Gasteiger partial charge >= 0.3 is 6.18 Å². The fraction of sp³-hybridized carbons (Fsp3) is 0.297. The van der Waals surface area contributed by atoms with E-state index in [4.69, 9.17) is 15.5 Å². The molecule has 50 heavy (non-hydrogen) atoms. The van der Waals surface area contributed by atoms with E-state index in [1.165, 1.54) is 6.92 Å². The summed E-state index contributed by atoms with van der Waals surface area (Å²) in [6.45, 7) is 2.93. The van der Waals surface area contributed by atoms with Gasteiger partial charge in [-0.15, -0.1) is 0 Å². The Morgan fingerprint density at radius 3 is 2.56 bits per heavy atom. The van der Waals surface area contributed by atoms with Crippen LogP contribution in [0.2, 0.25) is 0 Å². The number of nitrogens with one attached hydrogen (secondary N) is 1. The molecule has 0 bridgehead atoms. The maximum atomic E-state index is 13.3. The third kappa shape index (κ3) is 7.48. The highest BCUT2D eigenvalue weighted by molar-refractivity contribution is 5.87. The van der Waals surface area contributed by atoms with Crippen LogP contribution in [0.1, 0.15) is 60.3 Å². The Hall–Kier alpha value is -5.27. The van der Waals surface area contributed by atoms with Crippen molar-refractivity contribution in [3.8, 4) is 11.3 Å². The Morgan fingerprint density at radius 1 is 1.08 bits per heavy atom. The number of carbonyl (C=O) groups is 1. The first kappa shape index (κ1) is 34.6. The second-order valence-corrected chi connectivity index (χ2v) is 12.4. The lowest BCUT2D eigenvalue weighted by Gasteiger charge is -2.32. The predicted octanol–water partition coefficient (Wildman–Crippen LogP) is 6.58. The zero-order valence-corrected chi connectivity index (χ0v) is 27.7. The van der Waals surface area contributed by atoms with Crippen molar-refractivity contribution in [2.45, 2.75) is 44.0 Å². The number of halogens is 3. The smallest absolute Gasteiger partial charge is 0.384 e. The molecule has 2 unspecified atom stereocenters. The van der Waals surface area contributed by atoms with Gasteiger partial charge in [-0.05, 0) is 43.5 Å². The van der Waals surface area contributed by atoms with Crippen molar-refractivity contribution >= 4 is 35.2 Å². The number of imidazole rings is 1. The highest BCUT2D eigenvalue weighted by atomic mass is 19.4. The van der Waals surface area contributed by atoms with Crippen molar-refractivity contribution in [2.75, 3.05) is 37.9 Å². The number of nitrogens with two attached hydrogens (primary N) is 1. The molecule has 4 heterocycles. The molecule has 6 rings (SSSR count). The molecule has 10 nitrogen and oxygen atoms in total. The minimum atomic E-state index is -4.55. The van der Waals surface area contributed by atoms with E-state index in [1.54, 1.807) is 37.6 Å². The Labute approximate surface area is 287 Å². The standard InChI is InChI=1S/C37H38F3N7O3/c1-36(49,45-30-21-28(16-18-42-30)37(38,39)40)27-13-11-25(12-14-27)32-33-34(41)43-22-29(15-10-24-7-4-3-5-8-24)47(33)35(44-32)26-9-6-19-46(23-26)31(48)17-20-50-2/h3-5,7-8,10-16,18,21-22,26,49H,6,9,17,19-20,23H2,1-2H3,(H2,41,43)(H,42,45)/b15-10+. The van der Waals surface area contributed by atoms with Gasteiger partial charge in [0, 0.05) is 43.4 Å². The molecule has 1 aliphatic heterocycles. The molecule has 2 aromatic carbocycles. The summed E-state index contributed by atoms with van der Waals surface area (Å²) in [7, 11) is 1.57. The molecule has 1 amide bonds. The van der Waals surface area contributed by atoms with E-state index < -0.39 is 17.5 Å². The number of aliphatic hydroxyl groups is 1. The SMILES string of the molecule is COCCC(=O)N1CCCC(c2nc(-c3ccc(C(C)(O)Nc4cc(C(F)(F)F)ccn4)cc3)c3c(N)ncc(/C=C/c4ccccc4)n23)C1. The first-order valence-electron chi connectivity index (χ1n) is 16.3.